The molecule has 9 heteroatoms. The van der Waals surface area contributed by atoms with Crippen molar-refractivity contribution in [3.63, 3.8) is 0 Å². The van der Waals surface area contributed by atoms with Crippen LogP contribution in [0.2, 0.25) is 0 Å². The molecule has 176 valence electrons. The molecule has 0 unspecified atom stereocenters. The third-order valence-electron chi connectivity index (χ3n) is 5.58. The molecule has 3 aromatic rings. The van der Waals surface area contributed by atoms with Crippen molar-refractivity contribution in [2.45, 2.75) is 13.0 Å². The SMILES string of the molecule is COC(=O)C1=C(C)N=c2s/c(=C\c3ccccc3OC)c(=O)n2[C@@H]1c1ccc(OC)c(OC)c1. The van der Waals surface area contributed by atoms with E-state index in [1.807, 2.05) is 24.3 Å². The lowest BCUT2D eigenvalue weighted by Crippen LogP contribution is -2.39. The molecule has 0 spiro atoms. The van der Waals surface area contributed by atoms with E-state index in [2.05, 4.69) is 4.99 Å². The van der Waals surface area contributed by atoms with Crippen LogP contribution in [0.15, 0.2) is 63.5 Å². The van der Waals surface area contributed by atoms with Gasteiger partial charge in [-0.2, -0.15) is 0 Å². The van der Waals surface area contributed by atoms with Crippen LogP contribution in [0, 0.1) is 0 Å². The Balaban J connectivity index is 1.99. The minimum Gasteiger partial charge on any atom is -0.496 e. The van der Waals surface area contributed by atoms with Gasteiger partial charge in [0, 0.05) is 5.56 Å². The molecule has 8 nitrogen and oxygen atoms in total. The molecule has 0 N–H and O–H groups in total. The van der Waals surface area contributed by atoms with Crippen LogP contribution in [0.5, 0.6) is 17.2 Å². The van der Waals surface area contributed by atoms with E-state index in [9.17, 15) is 9.59 Å². The maximum Gasteiger partial charge on any atom is 0.338 e. The third-order valence-corrected chi connectivity index (χ3v) is 6.56. The second-order valence-electron chi connectivity index (χ2n) is 7.43. The number of carbonyl (C=O) groups is 1. The van der Waals surface area contributed by atoms with Crippen LogP contribution in [-0.4, -0.2) is 39.0 Å². The fraction of sp³-hybridized carbons (Fsp3) is 0.240. The normalized spacial score (nSPS) is 15.4. The number of hydrogen-bond donors (Lipinski definition) is 0. The number of esters is 1. The molecule has 4 rings (SSSR count). The minimum atomic E-state index is -0.747. The number of benzene rings is 2. The quantitative estimate of drug-likeness (QED) is 0.504. The van der Waals surface area contributed by atoms with Gasteiger partial charge in [-0.15, -0.1) is 0 Å². The Hall–Kier alpha value is -3.85. The summed E-state index contributed by atoms with van der Waals surface area (Å²) in [6.45, 7) is 1.73. The second kappa shape index (κ2) is 9.56. The van der Waals surface area contributed by atoms with E-state index < -0.39 is 12.0 Å². The first-order chi connectivity index (χ1) is 16.4. The van der Waals surface area contributed by atoms with Crippen molar-refractivity contribution in [2.24, 2.45) is 4.99 Å². The van der Waals surface area contributed by atoms with E-state index in [-0.39, 0.29) is 11.1 Å². The van der Waals surface area contributed by atoms with Gasteiger partial charge in [-0.1, -0.05) is 35.6 Å². The molecule has 2 heterocycles. The summed E-state index contributed by atoms with van der Waals surface area (Å²) >= 11 is 1.25. The molecule has 1 aliphatic heterocycles. The molecule has 1 aliphatic rings. The number of nitrogens with zero attached hydrogens (tertiary/aromatic N) is 2. The van der Waals surface area contributed by atoms with Crippen molar-refractivity contribution in [3.05, 3.63) is 84.5 Å². The smallest absolute Gasteiger partial charge is 0.338 e. The van der Waals surface area contributed by atoms with E-state index >= 15 is 0 Å². The number of fused-ring (bicyclic) bond motifs is 1. The maximum absolute atomic E-state index is 13.7. The van der Waals surface area contributed by atoms with E-state index in [0.717, 1.165) is 5.56 Å². The Labute approximate surface area is 200 Å². The number of rotatable bonds is 6. The minimum absolute atomic E-state index is 0.275. The van der Waals surface area contributed by atoms with Crippen molar-refractivity contribution in [1.29, 1.82) is 0 Å². The highest BCUT2D eigenvalue weighted by Crippen LogP contribution is 2.36. The second-order valence-corrected chi connectivity index (χ2v) is 8.44. The summed E-state index contributed by atoms with van der Waals surface area (Å²) in [6.07, 6.45) is 1.77. The molecule has 0 aliphatic carbocycles. The first-order valence-electron chi connectivity index (χ1n) is 10.4. The number of ether oxygens (including phenoxy) is 4. The number of hydrogen-bond acceptors (Lipinski definition) is 8. The van der Waals surface area contributed by atoms with Gasteiger partial charge in [0.15, 0.2) is 16.3 Å². The molecule has 0 bridgehead atoms. The Morgan fingerprint density at radius 2 is 1.71 bits per heavy atom. The number of thiazole rings is 1. The van der Waals surface area contributed by atoms with Gasteiger partial charge in [-0.05, 0) is 36.8 Å². The zero-order chi connectivity index (χ0) is 24.4. The highest BCUT2D eigenvalue weighted by molar-refractivity contribution is 7.07. The van der Waals surface area contributed by atoms with Crippen LogP contribution < -0.4 is 29.1 Å². The van der Waals surface area contributed by atoms with Crippen molar-refractivity contribution in [2.75, 3.05) is 28.4 Å². The van der Waals surface area contributed by atoms with Gasteiger partial charge < -0.3 is 18.9 Å². The topological polar surface area (TPSA) is 88.4 Å². The molecule has 2 aromatic carbocycles. The lowest BCUT2D eigenvalue weighted by molar-refractivity contribution is -0.136. The van der Waals surface area contributed by atoms with E-state index in [4.69, 9.17) is 18.9 Å². The van der Waals surface area contributed by atoms with Gasteiger partial charge in [0.25, 0.3) is 5.56 Å². The van der Waals surface area contributed by atoms with Crippen LogP contribution in [0.25, 0.3) is 6.08 Å². The predicted octanol–water partition coefficient (Wildman–Crippen LogP) is 2.43. The largest absolute Gasteiger partial charge is 0.496 e. The average Bonchev–Trinajstić information content (AvgIpc) is 3.16. The molecule has 1 aromatic heterocycles. The number of carbonyl (C=O) groups excluding carboxylic acids is 1. The number of methoxy groups -OCH3 is 4. The fourth-order valence-corrected chi connectivity index (χ4v) is 5.00. The lowest BCUT2D eigenvalue weighted by atomic mass is 9.95. The molecular formula is C25H24N2O6S. The van der Waals surface area contributed by atoms with E-state index in [1.54, 1.807) is 45.4 Å². The van der Waals surface area contributed by atoms with Crippen LogP contribution in [0.1, 0.15) is 24.1 Å². The van der Waals surface area contributed by atoms with E-state index in [0.29, 0.717) is 37.8 Å². The summed E-state index contributed by atoms with van der Waals surface area (Å²) in [4.78, 5) is 31.5. The van der Waals surface area contributed by atoms with Crippen molar-refractivity contribution in [3.8, 4) is 17.2 Å². The Bertz CT molecular complexity index is 1470. The van der Waals surface area contributed by atoms with Crippen molar-refractivity contribution >= 4 is 23.4 Å². The van der Waals surface area contributed by atoms with Gasteiger partial charge in [-0.3, -0.25) is 9.36 Å². The van der Waals surface area contributed by atoms with Gasteiger partial charge in [0.2, 0.25) is 0 Å². The Kier molecular flexibility index (Phi) is 6.56. The van der Waals surface area contributed by atoms with E-state index in [1.165, 1.54) is 30.1 Å². The maximum atomic E-state index is 13.7. The van der Waals surface area contributed by atoms with Crippen LogP contribution >= 0.6 is 11.3 Å². The monoisotopic (exact) mass is 480 g/mol. The van der Waals surface area contributed by atoms with Crippen LogP contribution in [0.3, 0.4) is 0 Å². The molecule has 0 fully saturated rings. The Morgan fingerprint density at radius 1 is 1.00 bits per heavy atom. The van der Waals surface area contributed by atoms with Crippen molar-refractivity contribution in [1.82, 2.24) is 4.57 Å². The Morgan fingerprint density at radius 3 is 2.38 bits per heavy atom. The average molecular weight is 481 g/mol. The van der Waals surface area contributed by atoms with Crippen LogP contribution in [0.4, 0.5) is 0 Å². The third kappa shape index (κ3) is 3.99. The lowest BCUT2D eigenvalue weighted by Gasteiger charge is -2.25. The molecule has 0 amide bonds. The molecular weight excluding hydrogens is 456 g/mol. The summed E-state index contributed by atoms with van der Waals surface area (Å²) in [6, 6.07) is 12.0. The number of para-hydroxylation sites is 1. The molecule has 0 radical (unpaired) electrons. The first kappa shape index (κ1) is 23.3. The highest BCUT2D eigenvalue weighted by Gasteiger charge is 2.33. The summed E-state index contributed by atoms with van der Waals surface area (Å²) in [5.74, 6) is 1.11. The molecule has 0 saturated heterocycles. The fourth-order valence-electron chi connectivity index (χ4n) is 3.96. The summed E-state index contributed by atoms with van der Waals surface area (Å²) < 4.78 is 23.3. The number of aromatic nitrogens is 1. The molecule has 0 saturated carbocycles. The predicted molar refractivity (Wildman–Crippen MR) is 128 cm³/mol. The summed E-state index contributed by atoms with van der Waals surface area (Å²) in [5, 5.41) is 0. The van der Waals surface area contributed by atoms with Gasteiger partial charge >= 0.3 is 5.97 Å². The van der Waals surface area contributed by atoms with Gasteiger partial charge in [-0.25, -0.2) is 9.79 Å². The zero-order valence-corrected chi connectivity index (χ0v) is 20.3. The molecule has 1 atom stereocenters. The van der Waals surface area contributed by atoms with Gasteiger partial charge in [0.05, 0.1) is 50.3 Å². The zero-order valence-electron chi connectivity index (χ0n) is 19.4. The van der Waals surface area contributed by atoms with Gasteiger partial charge in [0.1, 0.15) is 5.75 Å². The van der Waals surface area contributed by atoms with Crippen molar-refractivity contribution < 1.29 is 23.7 Å². The van der Waals surface area contributed by atoms with Crippen LogP contribution in [-0.2, 0) is 9.53 Å². The number of allylic oxidation sites excluding steroid dienone is 1. The summed E-state index contributed by atoms with van der Waals surface area (Å²) in [7, 11) is 5.96. The standard InChI is InChI=1S/C25H24N2O6S/c1-14-21(24(29)33-5)22(16-10-11-18(31-3)19(12-16)32-4)27-23(28)20(34-25(27)26-14)13-15-8-6-7-9-17(15)30-2/h6-13,22H,1-5H3/b20-13-/t22-/m1/s1. The summed E-state index contributed by atoms with van der Waals surface area (Å²) in [5.41, 5.74) is 1.92. The highest BCUT2D eigenvalue weighted by atomic mass is 32.1. The molecule has 34 heavy (non-hydrogen) atoms. The first-order valence-corrected chi connectivity index (χ1v) is 11.2.